The predicted octanol–water partition coefficient (Wildman–Crippen LogP) is 3.03. The number of anilines is 1. The van der Waals surface area contributed by atoms with Crippen molar-refractivity contribution in [2.45, 2.75) is 39.0 Å². The van der Waals surface area contributed by atoms with Crippen LogP contribution in [0.15, 0.2) is 12.1 Å². The molecule has 3 rings (SSSR count). The molecule has 0 unspecified atom stereocenters. The van der Waals surface area contributed by atoms with Gasteiger partial charge in [-0.2, -0.15) is 0 Å². The van der Waals surface area contributed by atoms with Crippen molar-refractivity contribution >= 4 is 5.82 Å². The highest BCUT2D eigenvalue weighted by atomic mass is 15.0. The van der Waals surface area contributed by atoms with E-state index >= 15 is 0 Å². The highest BCUT2D eigenvalue weighted by molar-refractivity contribution is 5.47. The van der Waals surface area contributed by atoms with Gasteiger partial charge >= 0.3 is 0 Å². The molecule has 1 aliphatic carbocycles. The van der Waals surface area contributed by atoms with E-state index in [4.69, 9.17) is 4.98 Å². The van der Waals surface area contributed by atoms with E-state index in [0.717, 1.165) is 24.2 Å². The van der Waals surface area contributed by atoms with Gasteiger partial charge in [0, 0.05) is 12.2 Å². The summed E-state index contributed by atoms with van der Waals surface area (Å²) >= 11 is 0. The van der Waals surface area contributed by atoms with Crippen LogP contribution in [0.4, 0.5) is 5.82 Å². The van der Waals surface area contributed by atoms with Crippen molar-refractivity contribution in [2.24, 2.45) is 11.8 Å². The second-order valence-electron chi connectivity index (χ2n) is 5.49. The van der Waals surface area contributed by atoms with Crippen LogP contribution in [0.5, 0.6) is 0 Å². The Morgan fingerprint density at radius 1 is 1.38 bits per heavy atom. The average molecular weight is 216 g/mol. The summed E-state index contributed by atoms with van der Waals surface area (Å²) in [6.45, 7) is 3.43. The van der Waals surface area contributed by atoms with Gasteiger partial charge in [0.15, 0.2) is 0 Å². The van der Waals surface area contributed by atoms with Crippen LogP contribution in [0.3, 0.4) is 0 Å². The van der Waals surface area contributed by atoms with Gasteiger partial charge < -0.3 is 5.32 Å². The van der Waals surface area contributed by atoms with Gasteiger partial charge in [-0.1, -0.05) is 13.0 Å². The first kappa shape index (κ1) is 10.1. The molecule has 0 amide bonds. The van der Waals surface area contributed by atoms with Crippen molar-refractivity contribution < 1.29 is 0 Å². The van der Waals surface area contributed by atoms with E-state index in [-0.39, 0.29) is 0 Å². The van der Waals surface area contributed by atoms with Crippen LogP contribution >= 0.6 is 0 Å². The molecule has 86 valence electrons. The maximum atomic E-state index is 4.75. The van der Waals surface area contributed by atoms with E-state index < -0.39 is 0 Å². The van der Waals surface area contributed by atoms with Crippen molar-refractivity contribution in [3.8, 4) is 0 Å². The van der Waals surface area contributed by atoms with Crippen molar-refractivity contribution in [1.29, 1.82) is 0 Å². The number of hydrogen-bond donors (Lipinski definition) is 1. The molecule has 2 heterocycles. The molecule has 1 fully saturated rings. The van der Waals surface area contributed by atoms with Crippen LogP contribution in [0, 0.1) is 11.8 Å². The Bertz CT molecular complexity index is 380. The minimum absolute atomic E-state index is 0.893. The third-order valence-electron chi connectivity index (χ3n) is 3.92. The number of nitrogens with zero attached hydrogens (tertiary/aromatic N) is 1. The van der Waals surface area contributed by atoms with E-state index in [1.807, 2.05) is 0 Å². The molecule has 16 heavy (non-hydrogen) atoms. The van der Waals surface area contributed by atoms with Gasteiger partial charge in [-0.3, -0.25) is 0 Å². The highest BCUT2D eigenvalue weighted by Gasteiger charge is 2.25. The summed E-state index contributed by atoms with van der Waals surface area (Å²) in [6.07, 6.45) is 6.40. The van der Waals surface area contributed by atoms with Crippen LogP contribution in [0.1, 0.15) is 37.4 Å². The Kier molecular flexibility index (Phi) is 2.58. The number of aryl methyl sites for hydroxylation is 1. The largest absolute Gasteiger partial charge is 0.370 e. The Morgan fingerprint density at radius 3 is 3.06 bits per heavy atom. The molecular weight excluding hydrogens is 196 g/mol. The lowest BCUT2D eigenvalue weighted by Gasteiger charge is -2.32. The number of pyridine rings is 1. The quantitative estimate of drug-likeness (QED) is 0.822. The summed E-state index contributed by atoms with van der Waals surface area (Å²) in [4.78, 5) is 4.75. The summed E-state index contributed by atoms with van der Waals surface area (Å²) in [5.74, 6) is 2.99. The fraction of sp³-hybridized carbons (Fsp3) is 0.643. The number of rotatable bonds is 2. The first-order valence-corrected chi connectivity index (χ1v) is 6.54. The zero-order valence-electron chi connectivity index (χ0n) is 10.00. The number of hydrogen-bond acceptors (Lipinski definition) is 2. The summed E-state index contributed by atoms with van der Waals surface area (Å²) in [6, 6.07) is 4.50. The van der Waals surface area contributed by atoms with Crippen molar-refractivity contribution in [3.63, 3.8) is 0 Å². The Labute approximate surface area is 97.5 Å². The third-order valence-corrected chi connectivity index (χ3v) is 3.92. The minimum Gasteiger partial charge on any atom is -0.370 e. The molecular formula is C14H20N2. The Morgan fingerprint density at radius 2 is 2.25 bits per heavy atom. The van der Waals surface area contributed by atoms with Gasteiger partial charge in [0.05, 0.1) is 0 Å². The maximum absolute atomic E-state index is 4.75. The zero-order chi connectivity index (χ0) is 11.0. The highest BCUT2D eigenvalue weighted by Crippen LogP contribution is 2.35. The Balaban J connectivity index is 1.71. The molecule has 0 bridgehead atoms. The van der Waals surface area contributed by atoms with Gasteiger partial charge in [-0.05, 0) is 55.6 Å². The van der Waals surface area contributed by atoms with Crippen molar-refractivity contribution in [3.05, 3.63) is 23.4 Å². The first-order chi connectivity index (χ1) is 7.81. The van der Waals surface area contributed by atoms with E-state index in [1.54, 1.807) is 0 Å². The van der Waals surface area contributed by atoms with Crippen LogP contribution in [0.2, 0.25) is 0 Å². The van der Waals surface area contributed by atoms with Crippen LogP contribution in [-0.4, -0.2) is 11.5 Å². The smallest absolute Gasteiger partial charge is 0.129 e. The van der Waals surface area contributed by atoms with E-state index in [0.29, 0.717) is 0 Å². The standard InChI is InChI=1S/C14H20N2/c1-10-7-11(8-10)9-13-5-4-12-3-2-6-15-14(12)16-13/h4-5,10-11H,2-3,6-9H2,1H3,(H,15,16). The van der Waals surface area contributed by atoms with Crippen LogP contribution < -0.4 is 5.32 Å². The maximum Gasteiger partial charge on any atom is 0.129 e. The molecule has 0 atom stereocenters. The number of aromatic nitrogens is 1. The lowest BCUT2D eigenvalue weighted by Crippen LogP contribution is -2.23. The van der Waals surface area contributed by atoms with E-state index in [1.165, 1.54) is 43.4 Å². The fourth-order valence-electron chi connectivity index (χ4n) is 3.01. The topological polar surface area (TPSA) is 24.9 Å². The molecule has 0 spiro atoms. The molecule has 1 aromatic rings. The second kappa shape index (κ2) is 4.08. The summed E-state index contributed by atoms with van der Waals surface area (Å²) < 4.78 is 0. The molecule has 2 nitrogen and oxygen atoms in total. The molecule has 2 heteroatoms. The fourth-order valence-corrected chi connectivity index (χ4v) is 3.01. The molecule has 1 saturated carbocycles. The van der Waals surface area contributed by atoms with Crippen LogP contribution in [0.25, 0.3) is 0 Å². The molecule has 0 aromatic carbocycles. The number of nitrogens with one attached hydrogen (secondary N) is 1. The van der Waals surface area contributed by atoms with E-state index in [9.17, 15) is 0 Å². The molecule has 0 saturated heterocycles. The zero-order valence-corrected chi connectivity index (χ0v) is 10.00. The van der Waals surface area contributed by atoms with Gasteiger partial charge in [-0.25, -0.2) is 4.98 Å². The summed E-state index contributed by atoms with van der Waals surface area (Å²) in [7, 11) is 0. The van der Waals surface area contributed by atoms with Crippen LogP contribution in [-0.2, 0) is 12.8 Å². The first-order valence-electron chi connectivity index (χ1n) is 6.54. The SMILES string of the molecule is CC1CC(Cc2ccc3c(n2)NCCC3)C1. The summed E-state index contributed by atoms with van der Waals surface area (Å²) in [5.41, 5.74) is 2.68. The lowest BCUT2D eigenvalue weighted by atomic mass is 9.74. The van der Waals surface area contributed by atoms with Gasteiger partial charge in [0.2, 0.25) is 0 Å². The molecule has 1 aromatic heterocycles. The normalized spacial score (nSPS) is 27.8. The Hall–Kier alpha value is -1.05. The molecule has 1 aliphatic heterocycles. The van der Waals surface area contributed by atoms with Crippen molar-refractivity contribution in [1.82, 2.24) is 4.98 Å². The number of fused-ring (bicyclic) bond motifs is 1. The van der Waals surface area contributed by atoms with Gasteiger partial charge in [0.1, 0.15) is 5.82 Å². The van der Waals surface area contributed by atoms with Crippen molar-refractivity contribution in [2.75, 3.05) is 11.9 Å². The monoisotopic (exact) mass is 216 g/mol. The van der Waals surface area contributed by atoms with Gasteiger partial charge in [-0.15, -0.1) is 0 Å². The minimum atomic E-state index is 0.893. The molecule has 2 aliphatic rings. The van der Waals surface area contributed by atoms with Gasteiger partial charge in [0.25, 0.3) is 0 Å². The molecule has 0 radical (unpaired) electrons. The lowest BCUT2D eigenvalue weighted by molar-refractivity contribution is 0.210. The average Bonchev–Trinajstić information content (AvgIpc) is 2.27. The summed E-state index contributed by atoms with van der Waals surface area (Å²) in [5, 5.41) is 3.41. The second-order valence-corrected chi connectivity index (χ2v) is 5.49. The predicted molar refractivity (Wildman–Crippen MR) is 66.6 cm³/mol. The molecule has 1 N–H and O–H groups in total. The third kappa shape index (κ3) is 1.93. The van der Waals surface area contributed by atoms with E-state index in [2.05, 4.69) is 24.4 Å².